The Morgan fingerprint density at radius 1 is 1.53 bits per heavy atom. The number of benzene rings is 1. The maximum Gasteiger partial charge on any atom is 0.270 e. The first-order valence-corrected chi connectivity index (χ1v) is 7.00. The Balaban J connectivity index is 2.76. The molecule has 0 atom stereocenters. The lowest BCUT2D eigenvalue weighted by atomic mass is 10.2. The molecular weight excluding hydrogens is 256 g/mol. The van der Waals surface area contributed by atoms with Gasteiger partial charge >= 0.3 is 0 Å². The normalized spacial score (nSPS) is 18.0. The molecule has 1 N–H and O–H groups in total. The minimum Gasteiger partial charge on any atom is -0.315 e. The van der Waals surface area contributed by atoms with Crippen LogP contribution in [0, 0.1) is 10.1 Å². The van der Waals surface area contributed by atoms with Crippen molar-refractivity contribution in [3.63, 3.8) is 0 Å². The van der Waals surface area contributed by atoms with Crippen molar-refractivity contribution in [3.8, 4) is 0 Å². The number of nitro benzene ring substituents is 1. The third-order valence-corrected chi connectivity index (χ3v) is 4.00. The monoisotopic (exact) mass is 275 g/mol. The zero-order valence-electron chi connectivity index (χ0n) is 14.8. The molecule has 6 heteroatoms. The summed E-state index contributed by atoms with van der Waals surface area (Å²) in [6, 6.07) is 4.06. The largest absolute Gasteiger partial charge is 0.315 e. The Labute approximate surface area is 115 Å². The van der Waals surface area contributed by atoms with Crippen molar-refractivity contribution >= 4 is 39.2 Å². The first-order valence-electron chi connectivity index (χ1n) is 7.55. The van der Waals surface area contributed by atoms with Crippen molar-refractivity contribution in [1.82, 2.24) is 4.98 Å². The van der Waals surface area contributed by atoms with Gasteiger partial charge in [0.2, 0.25) is 5.03 Å². The summed E-state index contributed by atoms with van der Waals surface area (Å²) in [4.78, 5) is 13.6. The highest BCUT2D eigenvalue weighted by atomic mass is 32.2. The summed E-state index contributed by atoms with van der Waals surface area (Å²) < 4.78 is 45.5. The summed E-state index contributed by atoms with van der Waals surface area (Å²) in [5.74, 6) is 0. The fourth-order valence-corrected chi connectivity index (χ4v) is 3.22. The maximum atomic E-state index is 10.9. The number of nitro groups is 1. The predicted molar refractivity (Wildman–Crippen MR) is 74.2 cm³/mol. The highest BCUT2D eigenvalue weighted by Gasteiger charge is 2.22. The van der Waals surface area contributed by atoms with Crippen LogP contribution in [0.1, 0.15) is 8.22 Å². The van der Waals surface area contributed by atoms with Crippen LogP contribution in [0.15, 0.2) is 28.1 Å². The highest BCUT2D eigenvalue weighted by molar-refractivity contribution is 8.00. The summed E-state index contributed by atoms with van der Waals surface area (Å²) in [6.07, 6.45) is -3.74. The Hall–Kier alpha value is -1.14. The molecule has 0 aliphatic carbocycles. The van der Waals surface area contributed by atoms with E-state index < -0.39 is 28.2 Å². The third kappa shape index (κ3) is 2.14. The summed E-state index contributed by atoms with van der Waals surface area (Å²) >= 11 is 1.17. The number of aromatic nitrogens is 1. The lowest BCUT2D eigenvalue weighted by Gasteiger charge is -1.96. The van der Waals surface area contributed by atoms with E-state index in [1.165, 1.54) is 30.0 Å². The molecule has 0 saturated carbocycles. The van der Waals surface area contributed by atoms with Crippen molar-refractivity contribution in [3.05, 3.63) is 28.3 Å². The Bertz CT molecular complexity index is 741. The van der Waals surface area contributed by atoms with Crippen LogP contribution in [-0.4, -0.2) is 28.5 Å². The van der Waals surface area contributed by atoms with Crippen LogP contribution in [0.25, 0.3) is 10.9 Å². The maximum absolute atomic E-state index is 10.9. The molecule has 2 aromatic rings. The molecule has 0 saturated heterocycles. The van der Waals surface area contributed by atoms with Gasteiger partial charge in [-0.3, -0.25) is 10.1 Å². The van der Waals surface area contributed by atoms with E-state index in [1.54, 1.807) is 6.26 Å². The Morgan fingerprint density at radius 2 is 2.29 bits per heavy atom. The van der Waals surface area contributed by atoms with E-state index in [0.29, 0.717) is 15.8 Å². The van der Waals surface area contributed by atoms with E-state index in [9.17, 15) is 10.1 Å². The van der Waals surface area contributed by atoms with E-state index in [1.807, 2.05) is 0 Å². The number of thioether (sulfide) groups is 1. The first kappa shape index (κ1) is 6.70. The van der Waals surface area contributed by atoms with Crippen molar-refractivity contribution < 1.29 is 13.1 Å². The van der Waals surface area contributed by atoms with Gasteiger partial charge in [0.1, 0.15) is 12.4 Å². The zero-order valence-corrected chi connectivity index (χ0v) is 10.4. The number of rotatable bonds is 3. The molecule has 0 spiro atoms. The minimum atomic E-state index is -2.71. The fourth-order valence-electron chi connectivity index (χ4n) is 1.59. The van der Waals surface area contributed by atoms with Crippen LogP contribution in [-0.2, 0) is 10.9 Å². The van der Waals surface area contributed by atoms with E-state index in [0.717, 1.165) is 0 Å². The molecule has 0 aliphatic rings. The fraction of sp³-hybridized carbons (Fsp3) is 0.273. The van der Waals surface area contributed by atoms with Crippen LogP contribution in [0.2, 0.25) is 0 Å². The second-order valence-electron chi connectivity index (χ2n) is 3.28. The smallest absolute Gasteiger partial charge is 0.270 e. The van der Waals surface area contributed by atoms with Gasteiger partial charge in [-0.25, -0.2) is 0 Å². The number of non-ortho nitro benzene ring substituents is 1. The van der Waals surface area contributed by atoms with E-state index >= 15 is 0 Å². The van der Waals surface area contributed by atoms with Crippen LogP contribution >= 0.6 is 11.8 Å². The molecule has 1 aromatic heterocycles. The molecular formula is C11H13N2O2S2+. The summed E-state index contributed by atoms with van der Waals surface area (Å²) in [7, 11) is -2.03. The van der Waals surface area contributed by atoms with Crippen molar-refractivity contribution in [2.75, 3.05) is 18.6 Å². The van der Waals surface area contributed by atoms with Crippen LogP contribution in [0.5, 0.6) is 0 Å². The van der Waals surface area contributed by atoms with E-state index in [2.05, 4.69) is 4.98 Å². The Morgan fingerprint density at radius 3 is 2.88 bits per heavy atom. The van der Waals surface area contributed by atoms with Crippen LogP contribution < -0.4 is 0 Å². The molecule has 0 fully saturated rings. The quantitative estimate of drug-likeness (QED) is 0.405. The molecule has 0 amide bonds. The molecule has 1 heterocycles. The highest BCUT2D eigenvalue weighted by Crippen LogP contribution is 2.34. The minimum absolute atomic E-state index is 0.0907. The second kappa shape index (κ2) is 4.62. The number of nitrogens with zero attached hydrogens (tertiary/aromatic N) is 1. The predicted octanol–water partition coefficient (Wildman–Crippen LogP) is 3.03. The van der Waals surface area contributed by atoms with Crippen molar-refractivity contribution in [1.29, 1.82) is 0 Å². The SMILES string of the molecule is [2H]C([2H])([2H])[S+](c1[nH]c2ccc([N+](=O)[O-])cc2c1SC)C([2H])([2H])[2H]. The lowest BCUT2D eigenvalue weighted by Crippen LogP contribution is -1.96. The van der Waals surface area contributed by atoms with Gasteiger partial charge in [0, 0.05) is 28.4 Å². The number of hydrogen-bond acceptors (Lipinski definition) is 3. The average molecular weight is 275 g/mol. The molecule has 2 rings (SSSR count). The number of nitrogens with one attached hydrogen (secondary N) is 1. The van der Waals surface area contributed by atoms with Gasteiger partial charge in [0.15, 0.2) is 0 Å². The number of fused-ring (bicyclic) bond motifs is 1. The topological polar surface area (TPSA) is 58.9 Å². The molecule has 1 aromatic carbocycles. The molecule has 90 valence electrons. The third-order valence-electron chi connectivity index (χ3n) is 2.32. The lowest BCUT2D eigenvalue weighted by molar-refractivity contribution is -0.384. The Kier molecular flexibility index (Phi) is 1.82. The summed E-state index contributed by atoms with van der Waals surface area (Å²) in [5.41, 5.74) is 0.335. The van der Waals surface area contributed by atoms with Gasteiger partial charge < -0.3 is 4.98 Å². The van der Waals surface area contributed by atoms with Crippen molar-refractivity contribution in [2.45, 2.75) is 9.92 Å². The van der Waals surface area contributed by atoms with Crippen molar-refractivity contribution in [2.24, 2.45) is 0 Å². The number of H-pyrrole nitrogens is 1. The standard InChI is InChI=1S/C11H13N2O2S2/c1-16-10-8-6-7(13(14)15)4-5-9(8)12-11(10)17(2)3/h4-6,12H,1-3H3/q+1/i2D3,3D3. The van der Waals surface area contributed by atoms with Crippen LogP contribution in [0.3, 0.4) is 0 Å². The van der Waals surface area contributed by atoms with E-state index in [4.69, 9.17) is 8.22 Å². The van der Waals surface area contributed by atoms with Crippen LogP contribution in [0.4, 0.5) is 5.69 Å². The molecule has 4 nitrogen and oxygen atoms in total. The molecule has 0 aliphatic heterocycles. The molecule has 0 radical (unpaired) electrons. The van der Waals surface area contributed by atoms with Gasteiger partial charge in [-0.15, -0.1) is 11.8 Å². The van der Waals surface area contributed by atoms with Gasteiger partial charge in [-0.2, -0.15) is 0 Å². The molecule has 0 unspecified atom stereocenters. The molecule has 17 heavy (non-hydrogen) atoms. The first-order chi connectivity index (χ1) is 10.5. The van der Waals surface area contributed by atoms with Gasteiger partial charge in [0.05, 0.1) is 23.6 Å². The summed E-state index contributed by atoms with van der Waals surface area (Å²) in [6.45, 7) is 0. The van der Waals surface area contributed by atoms with E-state index in [-0.39, 0.29) is 10.7 Å². The van der Waals surface area contributed by atoms with Gasteiger partial charge in [-0.1, -0.05) is 0 Å². The second-order valence-corrected chi connectivity index (χ2v) is 5.12. The zero-order chi connectivity index (χ0) is 17.6. The summed E-state index contributed by atoms with van der Waals surface area (Å²) in [5, 5.41) is 11.5. The number of hydrogen-bond donors (Lipinski definition) is 1. The average Bonchev–Trinajstić information content (AvgIpc) is 2.71. The van der Waals surface area contributed by atoms with Gasteiger partial charge in [0.25, 0.3) is 5.69 Å². The molecule has 0 bridgehead atoms. The number of aromatic amines is 1. The van der Waals surface area contributed by atoms with Gasteiger partial charge in [-0.05, 0) is 12.3 Å².